The van der Waals surface area contributed by atoms with E-state index in [1.165, 1.54) is 12.1 Å². The molecule has 1 aromatic rings. The summed E-state index contributed by atoms with van der Waals surface area (Å²) in [5, 5.41) is 10.8. The average molecular weight is 278 g/mol. The highest BCUT2D eigenvalue weighted by Crippen LogP contribution is 2.28. The smallest absolute Gasteiger partial charge is 0.258 e. The van der Waals surface area contributed by atoms with E-state index in [-0.39, 0.29) is 28.6 Å². The molecule has 5 nitrogen and oxygen atoms in total. The second-order valence-corrected chi connectivity index (χ2v) is 5.97. The second-order valence-electron chi connectivity index (χ2n) is 3.54. The molecule has 0 aromatic heterocycles. The molecule has 1 aromatic carbocycles. The Balaban J connectivity index is 3.34. The van der Waals surface area contributed by atoms with Crippen LogP contribution in [0.2, 0.25) is 0 Å². The summed E-state index contributed by atoms with van der Waals surface area (Å²) in [5.74, 6) is 0.0289. The van der Waals surface area contributed by atoms with Gasteiger partial charge in [-0.25, -0.2) is 8.42 Å². The minimum Gasteiger partial charge on any atom is -0.258 e. The van der Waals surface area contributed by atoms with E-state index >= 15 is 0 Å². The van der Waals surface area contributed by atoms with Crippen molar-refractivity contribution in [3.63, 3.8) is 0 Å². The molecule has 7 heteroatoms. The van der Waals surface area contributed by atoms with Gasteiger partial charge in [0.15, 0.2) is 9.84 Å². The van der Waals surface area contributed by atoms with E-state index in [4.69, 9.17) is 11.6 Å². The van der Waals surface area contributed by atoms with Gasteiger partial charge in [0.25, 0.3) is 5.69 Å². The lowest BCUT2D eigenvalue weighted by molar-refractivity contribution is -0.387. The van der Waals surface area contributed by atoms with Gasteiger partial charge >= 0.3 is 0 Å². The summed E-state index contributed by atoms with van der Waals surface area (Å²) in [5.41, 5.74) is 0.00773. The number of hydrogen-bond donors (Lipinski definition) is 0. The molecular weight excluding hydrogens is 266 g/mol. The fraction of sp³-hybridized carbons (Fsp3) is 0.400. The van der Waals surface area contributed by atoms with Crippen LogP contribution in [0.1, 0.15) is 12.0 Å². The fourth-order valence-electron chi connectivity index (χ4n) is 1.53. The molecule has 0 saturated heterocycles. The Kier molecular flexibility index (Phi) is 4.47. The molecule has 0 fully saturated rings. The number of rotatable bonds is 5. The first-order valence-electron chi connectivity index (χ1n) is 4.93. The van der Waals surface area contributed by atoms with Crippen LogP contribution in [0.15, 0.2) is 23.1 Å². The SMILES string of the molecule is Cc1cccc([N+](=O)[O-])c1S(=O)(=O)CCCCl. The van der Waals surface area contributed by atoms with Gasteiger partial charge in [0.1, 0.15) is 4.90 Å². The minimum atomic E-state index is -3.65. The molecule has 0 spiro atoms. The number of benzene rings is 1. The van der Waals surface area contributed by atoms with Crippen molar-refractivity contribution >= 4 is 27.1 Å². The van der Waals surface area contributed by atoms with Crippen LogP contribution < -0.4 is 0 Å². The van der Waals surface area contributed by atoms with Crippen LogP contribution >= 0.6 is 11.6 Å². The zero-order valence-electron chi connectivity index (χ0n) is 9.22. The molecule has 0 atom stereocenters. The summed E-state index contributed by atoms with van der Waals surface area (Å²) >= 11 is 5.44. The molecule has 0 aliphatic rings. The summed E-state index contributed by atoms with van der Waals surface area (Å²) in [7, 11) is -3.65. The highest BCUT2D eigenvalue weighted by atomic mass is 35.5. The van der Waals surface area contributed by atoms with Crippen LogP contribution in [0, 0.1) is 17.0 Å². The zero-order chi connectivity index (χ0) is 13.1. The Morgan fingerprint density at radius 3 is 2.59 bits per heavy atom. The van der Waals surface area contributed by atoms with Crippen molar-refractivity contribution in [3.8, 4) is 0 Å². The van der Waals surface area contributed by atoms with Crippen molar-refractivity contribution in [2.75, 3.05) is 11.6 Å². The van der Waals surface area contributed by atoms with E-state index in [2.05, 4.69) is 0 Å². The van der Waals surface area contributed by atoms with E-state index in [1.54, 1.807) is 13.0 Å². The zero-order valence-corrected chi connectivity index (χ0v) is 10.8. The topological polar surface area (TPSA) is 77.3 Å². The molecule has 94 valence electrons. The Bertz CT molecular complexity index is 527. The number of halogens is 1. The van der Waals surface area contributed by atoms with E-state index < -0.39 is 14.8 Å². The van der Waals surface area contributed by atoms with Crippen molar-refractivity contribution in [1.29, 1.82) is 0 Å². The van der Waals surface area contributed by atoms with Gasteiger partial charge in [0.2, 0.25) is 0 Å². The summed E-state index contributed by atoms with van der Waals surface area (Å²) in [4.78, 5) is 9.93. The first-order chi connectivity index (χ1) is 7.90. The van der Waals surface area contributed by atoms with Gasteiger partial charge in [0, 0.05) is 11.9 Å². The Morgan fingerprint density at radius 2 is 2.06 bits per heavy atom. The van der Waals surface area contributed by atoms with Crippen molar-refractivity contribution < 1.29 is 13.3 Å². The first-order valence-corrected chi connectivity index (χ1v) is 7.11. The molecule has 0 bridgehead atoms. The second kappa shape index (κ2) is 5.46. The number of nitro groups is 1. The molecule has 0 saturated carbocycles. The third-order valence-corrected chi connectivity index (χ3v) is 4.49. The van der Waals surface area contributed by atoms with Gasteiger partial charge in [0.05, 0.1) is 10.7 Å². The van der Waals surface area contributed by atoms with Crippen LogP contribution in [-0.2, 0) is 9.84 Å². The molecule has 0 aliphatic heterocycles. The third-order valence-electron chi connectivity index (χ3n) is 2.25. The molecular formula is C10H12ClNO4S. The molecule has 0 radical (unpaired) electrons. The van der Waals surface area contributed by atoms with E-state index in [1.807, 2.05) is 0 Å². The number of aryl methyl sites for hydroxylation is 1. The van der Waals surface area contributed by atoms with Crippen molar-refractivity contribution in [3.05, 3.63) is 33.9 Å². The van der Waals surface area contributed by atoms with Crippen LogP contribution in [0.4, 0.5) is 5.69 Å². The summed E-state index contributed by atoms with van der Waals surface area (Å²) in [6.45, 7) is 1.54. The van der Waals surface area contributed by atoms with Crippen molar-refractivity contribution in [2.24, 2.45) is 0 Å². The van der Waals surface area contributed by atoms with Gasteiger partial charge in [-0.2, -0.15) is 0 Å². The first kappa shape index (κ1) is 13.9. The number of hydrogen-bond acceptors (Lipinski definition) is 4. The van der Waals surface area contributed by atoms with Gasteiger partial charge in [-0.05, 0) is 18.9 Å². The lowest BCUT2D eigenvalue weighted by Crippen LogP contribution is -2.11. The van der Waals surface area contributed by atoms with Gasteiger partial charge in [-0.3, -0.25) is 10.1 Å². The Hall–Kier alpha value is -1.14. The molecule has 0 unspecified atom stereocenters. The lowest BCUT2D eigenvalue weighted by Gasteiger charge is -2.07. The summed E-state index contributed by atoms with van der Waals surface area (Å²) in [6.07, 6.45) is 0.273. The molecule has 0 amide bonds. The number of sulfone groups is 1. The maximum Gasteiger partial charge on any atom is 0.288 e. The largest absolute Gasteiger partial charge is 0.288 e. The van der Waals surface area contributed by atoms with Crippen LogP contribution in [0.5, 0.6) is 0 Å². The van der Waals surface area contributed by atoms with Gasteiger partial charge < -0.3 is 0 Å². The van der Waals surface area contributed by atoms with Crippen LogP contribution in [-0.4, -0.2) is 25.0 Å². The molecule has 17 heavy (non-hydrogen) atoms. The van der Waals surface area contributed by atoms with Crippen molar-refractivity contribution in [1.82, 2.24) is 0 Å². The maximum atomic E-state index is 12.0. The minimum absolute atomic E-state index is 0.178. The molecule has 1 rings (SSSR count). The average Bonchev–Trinajstić information content (AvgIpc) is 2.25. The normalized spacial score (nSPS) is 11.4. The standard InChI is InChI=1S/C10H12ClNO4S/c1-8-4-2-5-9(12(13)14)10(8)17(15,16)7-3-6-11/h2,4-5H,3,6-7H2,1H3. The molecule has 0 heterocycles. The molecule has 0 aliphatic carbocycles. The van der Waals surface area contributed by atoms with Crippen LogP contribution in [0.3, 0.4) is 0 Å². The highest BCUT2D eigenvalue weighted by Gasteiger charge is 2.27. The molecule has 0 N–H and O–H groups in total. The van der Waals surface area contributed by atoms with E-state index in [9.17, 15) is 18.5 Å². The monoisotopic (exact) mass is 277 g/mol. The lowest BCUT2D eigenvalue weighted by atomic mass is 10.2. The maximum absolute atomic E-state index is 12.0. The number of nitro benzene ring substituents is 1. The highest BCUT2D eigenvalue weighted by molar-refractivity contribution is 7.91. The fourth-order valence-corrected chi connectivity index (χ4v) is 3.57. The summed E-state index contributed by atoms with van der Waals surface area (Å²) < 4.78 is 23.9. The predicted octanol–water partition coefficient (Wildman–Crippen LogP) is 2.31. The summed E-state index contributed by atoms with van der Waals surface area (Å²) in [6, 6.07) is 4.20. The Morgan fingerprint density at radius 1 is 1.41 bits per heavy atom. The predicted molar refractivity (Wildman–Crippen MR) is 65.2 cm³/mol. The van der Waals surface area contributed by atoms with Crippen LogP contribution in [0.25, 0.3) is 0 Å². The third kappa shape index (κ3) is 3.17. The quantitative estimate of drug-likeness (QED) is 0.470. The van der Waals surface area contributed by atoms with Gasteiger partial charge in [-0.15, -0.1) is 11.6 Å². The van der Waals surface area contributed by atoms with E-state index in [0.717, 1.165) is 0 Å². The van der Waals surface area contributed by atoms with Crippen molar-refractivity contribution in [2.45, 2.75) is 18.2 Å². The van der Waals surface area contributed by atoms with Gasteiger partial charge in [-0.1, -0.05) is 12.1 Å². The van der Waals surface area contributed by atoms with E-state index in [0.29, 0.717) is 5.56 Å². The number of alkyl halides is 1. The Labute approximate surface area is 104 Å². The number of nitrogens with zero attached hydrogens (tertiary/aromatic N) is 1.